The van der Waals surface area contributed by atoms with Gasteiger partial charge in [0.05, 0.1) is 0 Å². The van der Waals surface area contributed by atoms with Gasteiger partial charge in [0.25, 0.3) is 0 Å². The van der Waals surface area contributed by atoms with Crippen LogP contribution < -0.4 is 4.90 Å². The Morgan fingerprint density at radius 1 is 1.08 bits per heavy atom. The standard InChI is InChI=1S/C20H26N4/c1-16-8-10-21-20(22-16)18-9-13-23(15-18)14-17-6-2-3-7-19(17)24-11-4-5-12-24/h2-3,6-8,10,18H,4-5,9,11-15H2,1H3/t18-/m1/s1. The first-order chi connectivity index (χ1) is 11.8. The number of likely N-dealkylation sites (tertiary alicyclic amines) is 1. The van der Waals surface area contributed by atoms with Crippen molar-refractivity contribution in [3.8, 4) is 0 Å². The van der Waals surface area contributed by atoms with E-state index >= 15 is 0 Å². The Hall–Kier alpha value is -1.94. The van der Waals surface area contributed by atoms with Gasteiger partial charge in [-0.05, 0) is 50.4 Å². The molecule has 0 aliphatic carbocycles. The van der Waals surface area contributed by atoms with Gasteiger partial charge in [0.15, 0.2) is 0 Å². The molecule has 1 atom stereocenters. The fraction of sp³-hybridized carbons (Fsp3) is 0.500. The zero-order valence-corrected chi connectivity index (χ0v) is 14.5. The van der Waals surface area contributed by atoms with E-state index in [9.17, 15) is 0 Å². The summed E-state index contributed by atoms with van der Waals surface area (Å²) in [4.78, 5) is 14.2. The van der Waals surface area contributed by atoms with Crippen molar-refractivity contribution in [3.05, 3.63) is 53.6 Å². The van der Waals surface area contributed by atoms with Gasteiger partial charge in [-0.25, -0.2) is 9.97 Å². The summed E-state index contributed by atoms with van der Waals surface area (Å²) >= 11 is 0. The zero-order valence-electron chi connectivity index (χ0n) is 14.5. The Morgan fingerprint density at radius 3 is 2.75 bits per heavy atom. The van der Waals surface area contributed by atoms with Gasteiger partial charge in [0, 0.05) is 49.7 Å². The normalized spacial score (nSPS) is 21.5. The third-order valence-corrected chi connectivity index (χ3v) is 5.28. The molecule has 0 N–H and O–H groups in total. The van der Waals surface area contributed by atoms with Crippen molar-refractivity contribution in [2.75, 3.05) is 31.1 Å². The van der Waals surface area contributed by atoms with Crippen LogP contribution in [0.25, 0.3) is 0 Å². The van der Waals surface area contributed by atoms with Crippen LogP contribution >= 0.6 is 0 Å². The van der Waals surface area contributed by atoms with Crippen LogP contribution in [0.1, 0.15) is 42.3 Å². The predicted molar refractivity (Wildman–Crippen MR) is 97.3 cm³/mol. The summed E-state index contributed by atoms with van der Waals surface area (Å²) in [6.45, 7) is 7.70. The van der Waals surface area contributed by atoms with E-state index in [1.165, 1.54) is 37.2 Å². The Balaban J connectivity index is 1.45. The summed E-state index contributed by atoms with van der Waals surface area (Å²) < 4.78 is 0. The molecule has 0 radical (unpaired) electrons. The predicted octanol–water partition coefficient (Wildman–Crippen LogP) is 3.37. The van der Waals surface area contributed by atoms with Gasteiger partial charge < -0.3 is 4.90 Å². The fourth-order valence-corrected chi connectivity index (χ4v) is 4.00. The quantitative estimate of drug-likeness (QED) is 0.864. The third kappa shape index (κ3) is 3.29. The van der Waals surface area contributed by atoms with Crippen LogP contribution in [0, 0.1) is 6.92 Å². The Labute approximate surface area is 144 Å². The van der Waals surface area contributed by atoms with Crippen LogP contribution in [-0.2, 0) is 6.54 Å². The molecule has 0 spiro atoms. The molecule has 4 nitrogen and oxygen atoms in total. The highest BCUT2D eigenvalue weighted by molar-refractivity contribution is 5.54. The van der Waals surface area contributed by atoms with E-state index < -0.39 is 0 Å². The van der Waals surface area contributed by atoms with Crippen LogP contribution in [0.3, 0.4) is 0 Å². The molecule has 2 aliphatic rings. The van der Waals surface area contributed by atoms with Crippen molar-refractivity contribution in [3.63, 3.8) is 0 Å². The molecule has 0 bridgehead atoms. The lowest BCUT2D eigenvalue weighted by Crippen LogP contribution is -2.24. The molecule has 0 unspecified atom stereocenters. The molecular formula is C20H26N4. The minimum Gasteiger partial charge on any atom is -0.371 e. The lowest BCUT2D eigenvalue weighted by atomic mass is 10.1. The SMILES string of the molecule is Cc1ccnc([C@@H]2CCN(Cc3ccccc3N3CCCC3)C2)n1. The molecule has 126 valence electrons. The number of anilines is 1. The van der Waals surface area contributed by atoms with E-state index in [-0.39, 0.29) is 0 Å². The first-order valence-electron chi connectivity index (χ1n) is 9.14. The van der Waals surface area contributed by atoms with Crippen molar-refractivity contribution in [2.45, 2.75) is 38.6 Å². The molecular weight excluding hydrogens is 296 g/mol. The topological polar surface area (TPSA) is 32.3 Å². The number of aromatic nitrogens is 2. The van der Waals surface area contributed by atoms with Crippen molar-refractivity contribution < 1.29 is 0 Å². The van der Waals surface area contributed by atoms with E-state index in [0.717, 1.165) is 37.6 Å². The number of benzene rings is 1. The van der Waals surface area contributed by atoms with Gasteiger partial charge in [-0.2, -0.15) is 0 Å². The van der Waals surface area contributed by atoms with Crippen LogP contribution in [0.5, 0.6) is 0 Å². The molecule has 4 heteroatoms. The van der Waals surface area contributed by atoms with Gasteiger partial charge in [-0.1, -0.05) is 18.2 Å². The summed E-state index contributed by atoms with van der Waals surface area (Å²) in [7, 11) is 0. The average Bonchev–Trinajstić information content (AvgIpc) is 3.27. The number of para-hydroxylation sites is 1. The summed E-state index contributed by atoms with van der Waals surface area (Å²) in [5.74, 6) is 1.49. The number of hydrogen-bond donors (Lipinski definition) is 0. The van der Waals surface area contributed by atoms with E-state index in [2.05, 4.69) is 44.0 Å². The van der Waals surface area contributed by atoms with Gasteiger partial charge in [-0.15, -0.1) is 0 Å². The van der Waals surface area contributed by atoms with E-state index in [1.54, 1.807) is 0 Å². The van der Waals surface area contributed by atoms with Gasteiger partial charge in [-0.3, -0.25) is 4.90 Å². The number of nitrogens with zero attached hydrogens (tertiary/aromatic N) is 4. The Bertz CT molecular complexity index is 694. The number of rotatable bonds is 4. The number of aryl methyl sites for hydroxylation is 1. The minimum atomic E-state index is 0.476. The Kier molecular flexibility index (Phi) is 4.48. The van der Waals surface area contributed by atoms with Crippen molar-refractivity contribution >= 4 is 5.69 Å². The van der Waals surface area contributed by atoms with Crippen molar-refractivity contribution in [1.29, 1.82) is 0 Å². The second-order valence-corrected chi connectivity index (χ2v) is 7.10. The van der Waals surface area contributed by atoms with E-state index in [0.29, 0.717) is 5.92 Å². The molecule has 3 heterocycles. The van der Waals surface area contributed by atoms with Crippen molar-refractivity contribution in [1.82, 2.24) is 14.9 Å². The van der Waals surface area contributed by atoms with Crippen LogP contribution in [0.4, 0.5) is 5.69 Å². The third-order valence-electron chi connectivity index (χ3n) is 5.28. The lowest BCUT2D eigenvalue weighted by Gasteiger charge is -2.24. The molecule has 0 amide bonds. The maximum absolute atomic E-state index is 4.63. The molecule has 2 aromatic rings. The molecule has 1 aromatic heterocycles. The smallest absolute Gasteiger partial charge is 0.132 e. The maximum Gasteiger partial charge on any atom is 0.132 e. The largest absolute Gasteiger partial charge is 0.371 e. The first kappa shape index (κ1) is 15.6. The highest BCUT2D eigenvalue weighted by atomic mass is 15.2. The number of hydrogen-bond acceptors (Lipinski definition) is 4. The summed E-state index contributed by atoms with van der Waals surface area (Å²) in [6, 6.07) is 10.9. The van der Waals surface area contributed by atoms with Crippen LogP contribution in [0.15, 0.2) is 36.5 Å². The minimum absolute atomic E-state index is 0.476. The molecule has 1 aromatic carbocycles. The Morgan fingerprint density at radius 2 is 1.92 bits per heavy atom. The van der Waals surface area contributed by atoms with Crippen LogP contribution in [-0.4, -0.2) is 41.0 Å². The lowest BCUT2D eigenvalue weighted by molar-refractivity contribution is 0.326. The molecule has 2 aliphatic heterocycles. The fourth-order valence-electron chi connectivity index (χ4n) is 4.00. The average molecular weight is 322 g/mol. The molecule has 24 heavy (non-hydrogen) atoms. The van der Waals surface area contributed by atoms with Crippen molar-refractivity contribution in [2.24, 2.45) is 0 Å². The first-order valence-corrected chi connectivity index (χ1v) is 9.14. The van der Waals surface area contributed by atoms with E-state index in [1.807, 2.05) is 19.2 Å². The molecule has 2 saturated heterocycles. The molecule has 2 fully saturated rings. The monoisotopic (exact) mass is 322 g/mol. The highest BCUT2D eigenvalue weighted by Crippen LogP contribution is 2.29. The van der Waals surface area contributed by atoms with Gasteiger partial charge >= 0.3 is 0 Å². The molecule has 4 rings (SSSR count). The second kappa shape index (κ2) is 6.89. The summed E-state index contributed by atoms with van der Waals surface area (Å²) in [5, 5.41) is 0. The highest BCUT2D eigenvalue weighted by Gasteiger charge is 2.27. The van der Waals surface area contributed by atoms with E-state index in [4.69, 9.17) is 0 Å². The summed E-state index contributed by atoms with van der Waals surface area (Å²) in [5.41, 5.74) is 3.97. The maximum atomic E-state index is 4.63. The zero-order chi connectivity index (χ0) is 16.4. The molecule has 0 saturated carbocycles. The van der Waals surface area contributed by atoms with Crippen LogP contribution in [0.2, 0.25) is 0 Å². The summed E-state index contributed by atoms with van der Waals surface area (Å²) in [6.07, 6.45) is 5.70. The van der Waals surface area contributed by atoms with Gasteiger partial charge in [0.2, 0.25) is 0 Å². The second-order valence-electron chi connectivity index (χ2n) is 7.10. The van der Waals surface area contributed by atoms with Gasteiger partial charge in [0.1, 0.15) is 5.82 Å².